The van der Waals surface area contributed by atoms with Gasteiger partial charge in [0.25, 0.3) is 0 Å². The predicted molar refractivity (Wildman–Crippen MR) is 100 cm³/mol. The van der Waals surface area contributed by atoms with E-state index < -0.39 is 9.84 Å². The zero-order chi connectivity index (χ0) is 18.4. The lowest BCUT2D eigenvalue weighted by molar-refractivity contribution is 0.101. The highest BCUT2D eigenvalue weighted by Crippen LogP contribution is 2.34. The van der Waals surface area contributed by atoms with Crippen molar-refractivity contribution in [2.24, 2.45) is 0 Å². The van der Waals surface area contributed by atoms with E-state index in [1.165, 1.54) is 13.2 Å². The molecule has 0 saturated carbocycles. The fraction of sp³-hybridized carbons (Fsp3) is 0.250. The molecule has 0 aliphatic heterocycles. The van der Waals surface area contributed by atoms with Crippen LogP contribution in [0.5, 0.6) is 0 Å². The molecule has 0 N–H and O–H groups in total. The number of nitrogens with zero attached hydrogens (tertiary/aromatic N) is 1. The Hall–Kier alpha value is -2.40. The van der Waals surface area contributed by atoms with Gasteiger partial charge in [0.2, 0.25) is 0 Å². The summed E-state index contributed by atoms with van der Waals surface area (Å²) in [6.45, 7) is 5.72. The first-order valence-corrected chi connectivity index (χ1v) is 10.0. The van der Waals surface area contributed by atoms with Crippen molar-refractivity contribution in [2.45, 2.75) is 31.6 Å². The number of sulfone groups is 1. The first kappa shape index (κ1) is 17.4. The normalized spacial score (nSPS) is 12.0. The van der Waals surface area contributed by atoms with Gasteiger partial charge in [0.1, 0.15) is 0 Å². The van der Waals surface area contributed by atoms with Crippen molar-refractivity contribution in [1.29, 1.82) is 0 Å². The van der Waals surface area contributed by atoms with Gasteiger partial charge >= 0.3 is 0 Å². The van der Waals surface area contributed by atoms with Crippen LogP contribution in [0.3, 0.4) is 0 Å². The molecule has 5 heteroatoms. The second kappa shape index (κ2) is 6.15. The zero-order valence-electron chi connectivity index (χ0n) is 14.8. The summed E-state index contributed by atoms with van der Waals surface area (Å²) >= 11 is 0. The van der Waals surface area contributed by atoms with E-state index in [-0.39, 0.29) is 10.7 Å². The van der Waals surface area contributed by atoms with E-state index in [1.807, 2.05) is 28.8 Å². The predicted octanol–water partition coefficient (Wildman–Crippen LogP) is 4.34. The average Bonchev–Trinajstić information content (AvgIpc) is 2.92. The van der Waals surface area contributed by atoms with Crippen LogP contribution in [0.2, 0.25) is 0 Å². The fourth-order valence-corrected chi connectivity index (χ4v) is 3.98. The standard InChI is InChI=1S/C20H21NO3S/c1-13(2)15-9-10-21-18(14(3)22)12-17(19(21)11-15)16-7-5-6-8-20(16)25(4,23)24/h5-13H,1-4H3. The molecule has 2 aromatic heterocycles. The van der Waals surface area contributed by atoms with E-state index in [1.54, 1.807) is 24.3 Å². The Morgan fingerprint density at radius 2 is 1.72 bits per heavy atom. The first-order chi connectivity index (χ1) is 11.7. The number of aromatic nitrogens is 1. The minimum atomic E-state index is -3.38. The number of hydrogen-bond acceptors (Lipinski definition) is 3. The summed E-state index contributed by atoms with van der Waals surface area (Å²) in [6.07, 6.45) is 3.09. The van der Waals surface area contributed by atoms with Crippen molar-refractivity contribution >= 4 is 21.1 Å². The summed E-state index contributed by atoms with van der Waals surface area (Å²) in [7, 11) is -3.38. The number of pyridine rings is 1. The minimum absolute atomic E-state index is 0.0598. The molecule has 4 nitrogen and oxygen atoms in total. The SMILES string of the molecule is CC(=O)c1cc(-c2ccccc2S(C)(=O)=O)c2cc(C(C)C)ccn12. The van der Waals surface area contributed by atoms with E-state index >= 15 is 0 Å². The summed E-state index contributed by atoms with van der Waals surface area (Å²) in [6, 6.07) is 12.7. The van der Waals surface area contributed by atoms with Crippen molar-refractivity contribution in [3.63, 3.8) is 0 Å². The Morgan fingerprint density at radius 1 is 1.04 bits per heavy atom. The molecule has 130 valence electrons. The summed E-state index contributed by atoms with van der Waals surface area (Å²) in [5.41, 5.74) is 3.90. The molecule has 0 amide bonds. The highest BCUT2D eigenvalue weighted by Gasteiger charge is 2.20. The van der Waals surface area contributed by atoms with Crippen molar-refractivity contribution in [2.75, 3.05) is 6.26 Å². The molecule has 0 atom stereocenters. The number of benzene rings is 1. The van der Waals surface area contributed by atoms with Gasteiger partial charge in [-0.1, -0.05) is 32.0 Å². The molecule has 0 saturated heterocycles. The van der Waals surface area contributed by atoms with E-state index in [4.69, 9.17) is 0 Å². The Morgan fingerprint density at radius 3 is 2.32 bits per heavy atom. The van der Waals surface area contributed by atoms with Crippen LogP contribution in [-0.2, 0) is 9.84 Å². The van der Waals surface area contributed by atoms with Crippen LogP contribution in [0.25, 0.3) is 16.6 Å². The molecule has 0 radical (unpaired) electrons. The molecule has 3 rings (SSSR count). The van der Waals surface area contributed by atoms with E-state index in [9.17, 15) is 13.2 Å². The van der Waals surface area contributed by atoms with Gasteiger partial charge in [-0.2, -0.15) is 0 Å². The van der Waals surface area contributed by atoms with Gasteiger partial charge in [0.05, 0.1) is 16.1 Å². The topological polar surface area (TPSA) is 55.6 Å². The van der Waals surface area contributed by atoms with Crippen LogP contribution in [-0.4, -0.2) is 24.9 Å². The Balaban J connectivity index is 2.41. The lowest BCUT2D eigenvalue weighted by Gasteiger charge is -2.10. The minimum Gasteiger partial charge on any atom is -0.313 e. The smallest absolute Gasteiger partial charge is 0.176 e. The van der Waals surface area contributed by atoms with Crippen LogP contribution >= 0.6 is 0 Å². The number of rotatable bonds is 4. The van der Waals surface area contributed by atoms with Gasteiger partial charge in [-0.25, -0.2) is 8.42 Å². The molecule has 3 aromatic rings. The molecular weight excluding hydrogens is 334 g/mol. The quantitative estimate of drug-likeness (QED) is 0.654. The van der Waals surface area contributed by atoms with Gasteiger partial charge in [-0.3, -0.25) is 4.79 Å². The first-order valence-electron chi connectivity index (χ1n) is 8.15. The number of carbonyl (C=O) groups excluding carboxylic acids is 1. The lowest BCUT2D eigenvalue weighted by atomic mass is 10.0. The maximum Gasteiger partial charge on any atom is 0.176 e. The molecule has 0 spiro atoms. The van der Waals surface area contributed by atoms with Crippen LogP contribution in [0.15, 0.2) is 53.6 Å². The molecule has 2 heterocycles. The average molecular weight is 355 g/mol. The third-order valence-electron chi connectivity index (χ3n) is 4.40. The van der Waals surface area contributed by atoms with Crippen LogP contribution < -0.4 is 0 Å². The summed E-state index contributed by atoms with van der Waals surface area (Å²) in [5.74, 6) is 0.272. The highest BCUT2D eigenvalue weighted by molar-refractivity contribution is 7.90. The highest BCUT2D eigenvalue weighted by atomic mass is 32.2. The van der Waals surface area contributed by atoms with E-state index in [0.29, 0.717) is 17.2 Å². The summed E-state index contributed by atoms with van der Waals surface area (Å²) < 4.78 is 26.2. The Labute approximate surface area is 148 Å². The second-order valence-electron chi connectivity index (χ2n) is 6.64. The Bertz CT molecular complexity index is 1080. The molecule has 0 aliphatic carbocycles. The summed E-state index contributed by atoms with van der Waals surface area (Å²) in [5, 5.41) is 0. The molecule has 0 fully saturated rings. The van der Waals surface area contributed by atoms with Gasteiger partial charge in [0, 0.05) is 30.5 Å². The third kappa shape index (κ3) is 3.12. The molecule has 1 aromatic carbocycles. The molecular formula is C20H21NO3S. The molecule has 0 unspecified atom stereocenters. The van der Waals surface area contributed by atoms with Crippen molar-refractivity contribution < 1.29 is 13.2 Å². The van der Waals surface area contributed by atoms with Gasteiger partial charge in [-0.05, 0) is 35.7 Å². The number of hydrogen-bond donors (Lipinski definition) is 0. The summed E-state index contributed by atoms with van der Waals surface area (Å²) in [4.78, 5) is 12.3. The molecule has 0 aliphatic rings. The van der Waals surface area contributed by atoms with Crippen molar-refractivity contribution in [1.82, 2.24) is 4.40 Å². The van der Waals surface area contributed by atoms with Crippen LogP contribution in [0.1, 0.15) is 42.7 Å². The third-order valence-corrected chi connectivity index (χ3v) is 5.55. The van der Waals surface area contributed by atoms with E-state index in [0.717, 1.165) is 16.6 Å². The molecule has 0 bridgehead atoms. The van der Waals surface area contributed by atoms with Gasteiger partial charge in [-0.15, -0.1) is 0 Å². The van der Waals surface area contributed by atoms with Gasteiger partial charge in [0.15, 0.2) is 15.6 Å². The van der Waals surface area contributed by atoms with Crippen LogP contribution in [0.4, 0.5) is 0 Å². The zero-order valence-corrected chi connectivity index (χ0v) is 15.6. The number of Topliss-reactive ketones (excluding diaryl/α,β-unsaturated/α-hetero) is 1. The Kier molecular flexibility index (Phi) is 4.29. The maximum atomic E-state index is 12.2. The van der Waals surface area contributed by atoms with Crippen molar-refractivity contribution in [3.05, 3.63) is 59.9 Å². The maximum absolute atomic E-state index is 12.2. The van der Waals surface area contributed by atoms with Crippen LogP contribution in [0, 0.1) is 0 Å². The second-order valence-corrected chi connectivity index (χ2v) is 8.62. The number of fused-ring (bicyclic) bond motifs is 1. The fourth-order valence-electron chi connectivity index (χ4n) is 3.07. The number of carbonyl (C=O) groups is 1. The number of ketones is 1. The lowest BCUT2D eigenvalue weighted by Crippen LogP contribution is -2.00. The molecule has 25 heavy (non-hydrogen) atoms. The van der Waals surface area contributed by atoms with Crippen molar-refractivity contribution in [3.8, 4) is 11.1 Å². The monoisotopic (exact) mass is 355 g/mol. The largest absolute Gasteiger partial charge is 0.313 e. The van der Waals surface area contributed by atoms with Gasteiger partial charge < -0.3 is 4.40 Å². The van der Waals surface area contributed by atoms with E-state index in [2.05, 4.69) is 13.8 Å².